The van der Waals surface area contributed by atoms with Crippen LogP contribution in [-0.2, 0) is 11.3 Å². The summed E-state index contributed by atoms with van der Waals surface area (Å²) in [6, 6.07) is 16.5. The monoisotopic (exact) mass is 593 g/mol. The van der Waals surface area contributed by atoms with Gasteiger partial charge in [-0.2, -0.15) is 0 Å². The minimum atomic E-state index is -0.423. The number of carbonyl (C=O) groups is 2. The molecule has 3 amide bonds. The van der Waals surface area contributed by atoms with E-state index in [1.807, 2.05) is 43.3 Å². The van der Waals surface area contributed by atoms with E-state index >= 15 is 0 Å². The van der Waals surface area contributed by atoms with Crippen molar-refractivity contribution in [3.8, 4) is 11.5 Å². The molecule has 5 aromatic rings. The number of nitrogens with one attached hydrogen (secondary N) is 2. The highest BCUT2D eigenvalue weighted by Gasteiger charge is 2.34. The molecule has 7 rings (SSSR count). The van der Waals surface area contributed by atoms with Crippen molar-refractivity contribution < 1.29 is 19.1 Å². The number of aromatic nitrogens is 3. The number of morpholine rings is 1. The van der Waals surface area contributed by atoms with Gasteiger partial charge in [0.15, 0.2) is 5.82 Å². The Balaban J connectivity index is 1.13. The van der Waals surface area contributed by atoms with Crippen LogP contribution >= 0.6 is 11.3 Å². The largest absolute Gasteiger partial charge is 0.455 e. The number of rotatable bonds is 7. The molecule has 2 aliphatic rings. The molecule has 1 fully saturated rings. The first-order chi connectivity index (χ1) is 21.0. The fourth-order valence-electron chi connectivity index (χ4n) is 5.19. The zero-order valence-electron chi connectivity index (χ0n) is 23.2. The van der Waals surface area contributed by atoms with Gasteiger partial charge in [-0.3, -0.25) is 14.7 Å². The second-order valence-electron chi connectivity index (χ2n) is 10.2. The van der Waals surface area contributed by atoms with Gasteiger partial charge < -0.3 is 20.1 Å². The van der Waals surface area contributed by atoms with E-state index in [4.69, 9.17) is 9.47 Å². The van der Waals surface area contributed by atoms with Crippen LogP contribution in [-0.4, -0.2) is 58.1 Å². The van der Waals surface area contributed by atoms with Crippen LogP contribution in [0.5, 0.6) is 11.5 Å². The van der Waals surface area contributed by atoms with Crippen molar-refractivity contribution in [1.29, 1.82) is 0 Å². The smallest absolute Gasteiger partial charge is 0.332 e. The van der Waals surface area contributed by atoms with Crippen LogP contribution in [0.25, 0.3) is 10.2 Å². The van der Waals surface area contributed by atoms with E-state index in [0.717, 1.165) is 44.0 Å². The maximum absolute atomic E-state index is 13.5. The molecule has 0 radical (unpaired) electrons. The Morgan fingerprint density at radius 3 is 2.72 bits per heavy atom. The van der Waals surface area contributed by atoms with Crippen LogP contribution < -0.4 is 20.3 Å². The number of ether oxygens (including phenoxy) is 2. The number of hydrogen-bond donors (Lipinski definition) is 2. The Bertz CT molecular complexity index is 1820. The molecule has 0 unspecified atom stereocenters. The van der Waals surface area contributed by atoms with Gasteiger partial charge in [0.1, 0.15) is 27.5 Å². The van der Waals surface area contributed by atoms with E-state index in [1.165, 1.54) is 22.6 Å². The molecule has 11 nitrogen and oxygen atoms in total. The first kappa shape index (κ1) is 27.0. The summed E-state index contributed by atoms with van der Waals surface area (Å²) in [5.41, 5.74) is 3.67. The zero-order valence-corrected chi connectivity index (χ0v) is 24.1. The third kappa shape index (κ3) is 5.39. The van der Waals surface area contributed by atoms with Gasteiger partial charge in [-0.1, -0.05) is 12.1 Å². The Kier molecular flexibility index (Phi) is 7.15. The van der Waals surface area contributed by atoms with Crippen LogP contribution in [0.4, 0.5) is 27.7 Å². The Labute approximate surface area is 251 Å². The molecule has 0 bridgehead atoms. The van der Waals surface area contributed by atoms with Crippen molar-refractivity contribution in [3.05, 3.63) is 89.3 Å². The summed E-state index contributed by atoms with van der Waals surface area (Å²) in [5, 5.41) is 6.50. The van der Waals surface area contributed by atoms with Gasteiger partial charge in [0.25, 0.3) is 5.91 Å². The lowest BCUT2D eigenvalue weighted by Gasteiger charge is -2.27. The summed E-state index contributed by atoms with van der Waals surface area (Å²) < 4.78 is 11.4. The molecular weight excluding hydrogens is 566 g/mol. The fourth-order valence-corrected chi connectivity index (χ4v) is 6.17. The molecule has 3 aromatic heterocycles. The normalized spacial score (nSPS) is 14.9. The number of carbonyl (C=O) groups excluding carboxylic acids is 2. The van der Waals surface area contributed by atoms with E-state index in [1.54, 1.807) is 30.6 Å². The molecule has 0 saturated carbocycles. The van der Waals surface area contributed by atoms with Crippen molar-refractivity contribution >= 4 is 56.4 Å². The number of nitrogens with zero attached hydrogens (tertiary/aromatic N) is 5. The van der Waals surface area contributed by atoms with E-state index < -0.39 is 6.03 Å². The van der Waals surface area contributed by atoms with Crippen LogP contribution in [0.3, 0.4) is 0 Å². The summed E-state index contributed by atoms with van der Waals surface area (Å²) in [6.45, 7) is 6.06. The number of aryl methyl sites for hydroxylation is 1. The predicted octanol–water partition coefficient (Wildman–Crippen LogP) is 5.96. The second-order valence-corrected chi connectivity index (χ2v) is 11.2. The number of thiophene rings is 1. The Morgan fingerprint density at radius 1 is 1.12 bits per heavy atom. The molecule has 0 spiro atoms. The minimum absolute atomic E-state index is 0.327. The average molecular weight is 594 g/mol. The quantitative estimate of drug-likeness (QED) is 0.237. The van der Waals surface area contributed by atoms with Crippen LogP contribution in [0, 0.1) is 6.92 Å². The van der Waals surface area contributed by atoms with Crippen molar-refractivity contribution in [2.45, 2.75) is 13.5 Å². The van der Waals surface area contributed by atoms with Gasteiger partial charge in [0.2, 0.25) is 0 Å². The maximum atomic E-state index is 13.5. The summed E-state index contributed by atoms with van der Waals surface area (Å²) in [4.78, 5) is 44.7. The zero-order chi connectivity index (χ0) is 29.3. The number of pyridine rings is 1. The lowest BCUT2D eigenvalue weighted by Crippen LogP contribution is -2.35. The number of anilines is 4. The molecule has 0 aliphatic carbocycles. The fraction of sp³-hybridized carbons (Fsp3) is 0.194. The number of amides is 3. The highest BCUT2D eigenvalue weighted by Crippen LogP contribution is 2.45. The predicted molar refractivity (Wildman–Crippen MR) is 165 cm³/mol. The van der Waals surface area contributed by atoms with Crippen LogP contribution in [0.1, 0.15) is 20.8 Å². The third-order valence-corrected chi connectivity index (χ3v) is 8.42. The maximum Gasteiger partial charge on any atom is 0.332 e. The van der Waals surface area contributed by atoms with Crippen LogP contribution in [0.15, 0.2) is 73.3 Å². The molecule has 1 saturated heterocycles. The van der Waals surface area contributed by atoms with Gasteiger partial charge in [-0.05, 0) is 60.5 Å². The molecule has 216 valence electrons. The topological polar surface area (TPSA) is 122 Å². The van der Waals surface area contributed by atoms with Gasteiger partial charge in [0.05, 0.1) is 36.2 Å². The molecule has 5 heterocycles. The first-order valence-electron chi connectivity index (χ1n) is 13.8. The summed E-state index contributed by atoms with van der Waals surface area (Å²) >= 11 is 1.21. The molecule has 0 atom stereocenters. The summed E-state index contributed by atoms with van der Waals surface area (Å²) in [5.74, 6) is 1.34. The number of hydrogen-bond acceptors (Lipinski definition) is 9. The van der Waals surface area contributed by atoms with Crippen molar-refractivity contribution in [2.75, 3.05) is 41.8 Å². The van der Waals surface area contributed by atoms with E-state index in [9.17, 15) is 9.59 Å². The molecule has 12 heteroatoms. The van der Waals surface area contributed by atoms with Crippen LogP contribution in [0.2, 0.25) is 0 Å². The Hall–Kier alpha value is -4.91. The SMILES string of the molecule is Cc1cc(N2C(=O)Nc3c(C(=O)Nc4ccc(CN5CCOCC5)cc4)sc4ncnc2c34)ccc1Oc1cccnc1. The first-order valence-corrected chi connectivity index (χ1v) is 14.6. The van der Waals surface area contributed by atoms with Crippen molar-refractivity contribution in [2.24, 2.45) is 0 Å². The molecule has 2 aromatic carbocycles. The van der Waals surface area contributed by atoms with E-state index in [-0.39, 0.29) is 5.91 Å². The average Bonchev–Trinajstić information content (AvgIpc) is 3.40. The number of benzene rings is 2. The summed E-state index contributed by atoms with van der Waals surface area (Å²) in [7, 11) is 0. The lowest BCUT2D eigenvalue weighted by atomic mass is 10.1. The Morgan fingerprint density at radius 2 is 1.95 bits per heavy atom. The van der Waals surface area contributed by atoms with Gasteiger partial charge in [0, 0.05) is 31.5 Å². The molecule has 2 N–H and O–H groups in total. The molecular formula is C31H27N7O4S. The molecule has 2 aliphatic heterocycles. The number of urea groups is 1. The highest BCUT2D eigenvalue weighted by atomic mass is 32.1. The van der Waals surface area contributed by atoms with Gasteiger partial charge in [-0.25, -0.2) is 19.7 Å². The van der Waals surface area contributed by atoms with E-state index in [0.29, 0.717) is 49.5 Å². The minimum Gasteiger partial charge on any atom is -0.455 e. The van der Waals surface area contributed by atoms with Gasteiger partial charge >= 0.3 is 6.03 Å². The lowest BCUT2D eigenvalue weighted by molar-refractivity contribution is 0.0342. The van der Waals surface area contributed by atoms with Gasteiger partial charge in [-0.15, -0.1) is 11.3 Å². The standard InChI is InChI=1S/C31H27N7O4S/c1-19-15-22(8-9-24(19)42-23-3-2-10-32-16-23)38-28-25-26(36-31(38)40)27(43-30(25)34-18-33-28)29(39)35-21-6-4-20(5-7-21)17-37-11-13-41-14-12-37/h2-10,15-16,18H,11-14,17H2,1H3,(H,35,39)(H,36,40). The summed E-state index contributed by atoms with van der Waals surface area (Å²) in [6.07, 6.45) is 4.72. The van der Waals surface area contributed by atoms with Crippen molar-refractivity contribution in [3.63, 3.8) is 0 Å². The van der Waals surface area contributed by atoms with Crippen molar-refractivity contribution in [1.82, 2.24) is 19.9 Å². The molecule has 43 heavy (non-hydrogen) atoms. The highest BCUT2D eigenvalue weighted by molar-refractivity contribution is 7.21. The second kappa shape index (κ2) is 11.4. The van der Waals surface area contributed by atoms with E-state index in [2.05, 4.69) is 30.5 Å². The third-order valence-electron chi connectivity index (χ3n) is 7.32.